The van der Waals surface area contributed by atoms with Crippen molar-refractivity contribution >= 4 is 0 Å². The van der Waals surface area contributed by atoms with E-state index < -0.39 is 74.6 Å². The maximum absolute atomic E-state index is 10.3. The van der Waals surface area contributed by atoms with Crippen molar-refractivity contribution in [3.63, 3.8) is 0 Å². The molecule has 3 fully saturated rings. The van der Waals surface area contributed by atoms with E-state index in [2.05, 4.69) is 20.8 Å². The second kappa shape index (κ2) is 12.8. The summed E-state index contributed by atoms with van der Waals surface area (Å²) in [5, 5.41) is 79.3. The van der Waals surface area contributed by atoms with E-state index in [1.807, 2.05) is 6.92 Å². The summed E-state index contributed by atoms with van der Waals surface area (Å²) in [5.41, 5.74) is -0.153. The molecule has 3 aliphatic rings. The van der Waals surface area contributed by atoms with Gasteiger partial charge < -0.3 is 59.8 Å². The molecule has 37 heavy (non-hydrogen) atoms. The van der Waals surface area contributed by atoms with Crippen LogP contribution in [0.2, 0.25) is 0 Å². The van der Waals surface area contributed by atoms with E-state index >= 15 is 0 Å². The Bertz CT molecular complexity index is 705. The largest absolute Gasteiger partial charge is 0.394 e. The predicted octanol–water partition coefficient (Wildman–Crippen LogP) is -1.77. The van der Waals surface area contributed by atoms with E-state index in [-0.39, 0.29) is 23.5 Å². The molecular formula is C25H46O12. The molecule has 14 atom stereocenters. The Balaban J connectivity index is 1.53. The van der Waals surface area contributed by atoms with Gasteiger partial charge in [0, 0.05) is 0 Å². The Kier molecular flexibility index (Phi) is 10.7. The summed E-state index contributed by atoms with van der Waals surface area (Å²) in [5.74, 6) is 0.529. The van der Waals surface area contributed by atoms with Gasteiger partial charge in [0.25, 0.3) is 0 Å². The lowest BCUT2D eigenvalue weighted by atomic mass is 9.61. The van der Waals surface area contributed by atoms with E-state index in [0.717, 1.165) is 6.42 Å². The lowest BCUT2D eigenvalue weighted by molar-refractivity contribution is -0.317. The van der Waals surface area contributed by atoms with Crippen LogP contribution in [-0.2, 0) is 18.9 Å². The van der Waals surface area contributed by atoms with Crippen molar-refractivity contribution in [1.82, 2.24) is 0 Å². The van der Waals surface area contributed by atoms with Gasteiger partial charge in [-0.2, -0.15) is 0 Å². The highest BCUT2D eigenvalue weighted by Crippen LogP contribution is 2.48. The third-order valence-corrected chi connectivity index (χ3v) is 8.35. The van der Waals surface area contributed by atoms with Crippen LogP contribution in [0.5, 0.6) is 0 Å². The molecule has 1 saturated carbocycles. The van der Waals surface area contributed by atoms with Gasteiger partial charge in [-0.3, -0.25) is 0 Å². The van der Waals surface area contributed by atoms with Gasteiger partial charge in [0.15, 0.2) is 12.6 Å². The molecule has 1 aliphatic carbocycles. The zero-order valence-electron chi connectivity index (χ0n) is 22.0. The summed E-state index contributed by atoms with van der Waals surface area (Å²) in [6.45, 7) is 7.22. The first-order chi connectivity index (χ1) is 17.3. The predicted molar refractivity (Wildman–Crippen MR) is 128 cm³/mol. The summed E-state index contributed by atoms with van der Waals surface area (Å²) in [6, 6.07) is 0. The molecule has 2 aliphatic heterocycles. The van der Waals surface area contributed by atoms with Crippen LogP contribution in [0.4, 0.5) is 0 Å². The standard InChI is InChI=1S/C25H46O12/c1-11-7-13(35-24-22(33)20(31)18(29)16(10-27)37-24)8-25(3,4)14(11)6-5-12(2)34-23-21(32)19(30)17(28)15(9-26)36-23/h11-24,26-33H,5-10H2,1-4H3/t11-,12-,13+,14+,15-,16-,17-,18-,19+,20+,21-,22-,23-,24-/m1/s1. The first-order valence-corrected chi connectivity index (χ1v) is 13.2. The fraction of sp³-hybridized carbons (Fsp3) is 1.00. The Morgan fingerprint density at radius 1 is 0.811 bits per heavy atom. The third kappa shape index (κ3) is 7.00. The van der Waals surface area contributed by atoms with Crippen LogP contribution in [-0.4, -0.2) is 128 Å². The van der Waals surface area contributed by atoms with Crippen molar-refractivity contribution in [2.45, 2.75) is 127 Å². The number of aliphatic hydroxyl groups is 8. The minimum absolute atomic E-state index is 0.153. The van der Waals surface area contributed by atoms with Crippen LogP contribution in [0.1, 0.15) is 53.4 Å². The van der Waals surface area contributed by atoms with Crippen LogP contribution in [0.15, 0.2) is 0 Å². The Hall–Kier alpha value is -0.480. The van der Waals surface area contributed by atoms with E-state index in [1.54, 1.807) is 0 Å². The highest BCUT2D eigenvalue weighted by Gasteiger charge is 2.48. The summed E-state index contributed by atoms with van der Waals surface area (Å²) in [7, 11) is 0. The van der Waals surface area contributed by atoms with Crippen molar-refractivity contribution in [3.05, 3.63) is 0 Å². The molecule has 8 N–H and O–H groups in total. The minimum Gasteiger partial charge on any atom is -0.394 e. The maximum Gasteiger partial charge on any atom is 0.186 e. The van der Waals surface area contributed by atoms with Crippen LogP contribution < -0.4 is 0 Å². The van der Waals surface area contributed by atoms with E-state index in [1.165, 1.54) is 0 Å². The summed E-state index contributed by atoms with van der Waals surface area (Å²) in [4.78, 5) is 0. The molecule has 0 unspecified atom stereocenters. The first-order valence-electron chi connectivity index (χ1n) is 13.2. The molecular weight excluding hydrogens is 492 g/mol. The molecule has 0 spiro atoms. The Morgan fingerprint density at radius 2 is 1.32 bits per heavy atom. The van der Waals surface area contributed by atoms with Gasteiger partial charge in [0.1, 0.15) is 48.8 Å². The number of aliphatic hydroxyl groups excluding tert-OH is 8. The number of rotatable bonds is 9. The Labute approximate surface area is 217 Å². The zero-order chi connectivity index (χ0) is 27.7. The molecule has 0 bridgehead atoms. The van der Waals surface area contributed by atoms with Gasteiger partial charge >= 0.3 is 0 Å². The second-order valence-electron chi connectivity index (χ2n) is 11.7. The normalized spacial score (nSPS) is 47.5. The van der Waals surface area contributed by atoms with Crippen LogP contribution in [0.25, 0.3) is 0 Å². The SMILES string of the molecule is C[C@H](CC[C@H]1[C@H](C)C[C@H](O[C@@H]2O[C@H](CO)[C@@H](O)[C@H](O)[C@H]2O)CC1(C)C)O[C@@H]1O[C@H](CO)[C@@H](O)[C@H](O)[C@H]1O. The monoisotopic (exact) mass is 538 g/mol. The van der Waals surface area contributed by atoms with E-state index in [0.29, 0.717) is 25.2 Å². The van der Waals surface area contributed by atoms with Gasteiger partial charge in [0.05, 0.1) is 25.4 Å². The third-order valence-electron chi connectivity index (χ3n) is 8.35. The summed E-state index contributed by atoms with van der Waals surface area (Å²) >= 11 is 0. The quantitative estimate of drug-likeness (QED) is 0.165. The van der Waals surface area contributed by atoms with Crippen molar-refractivity contribution in [1.29, 1.82) is 0 Å². The van der Waals surface area contributed by atoms with Crippen molar-refractivity contribution in [3.8, 4) is 0 Å². The van der Waals surface area contributed by atoms with Crippen LogP contribution in [0, 0.1) is 17.3 Å². The molecule has 3 rings (SSSR count). The summed E-state index contributed by atoms with van der Waals surface area (Å²) < 4.78 is 22.8. The van der Waals surface area contributed by atoms with Gasteiger partial charge in [0.2, 0.25) is 0 Å². The topological polar surface area (TPSA) is 199 Å². The first kappa shape index (κ1) is 31.1. The lowest BCUT2D eigenvalue weighted by Crippen LogP contribution is -2.60. The molecule has 0 aromatic heterocycles. The van der Waals surface area contributed by atoms with Gasteiger partial charge in [-0.15, -0.1) is 0 Å². The van der Waals surface area contributed by atoms with Crippen molar-refractivity contribution in [2.75, 3.05) is 13.2 Å². The lowest BCUT2D eigenvalue weighted by Gasteiger charge is -2.48. The number of hydrogen-bond donors (Lipinski definition) is 8. The maximum atomic E-state index is 10.3. The van der Waals surface area contributed by atoms with Gasteiger partial charge in [-0.05, 0) is 49.9 Å². The van der Waals surface area contributed by atoms with E-state index in [4.69, 9.17) is 18.9 Å². The van der Waals surface area contributed by atoms with E-state index in [9.17, 15) is 40.9 Å². The highest BCUT2D eigenvalue weighted by molar-refractivity contribution is 4.94. The van der Waals surface area contributed by atoms with Gasteiger partial charge in [-0.1, -0.05) is 20.8 Å². The molecule has 12 heteroatoms. The smallest absolute Gasteiger partial charge is 0.186 e. The Morgan fingerprint density at radius 3 is 1.84 bits per heavy atom. The molecule has 0 aromatic rings. The molecule has 2 saturated heterocycles. The molecule has 0 amide bonds. The average molecular weight is 539 g/mol. The van der Waals surface area contributed by atoms with Crippen molar-refractivity contribution in [2.24, 2.45) is 17.3 Å². The van der Waals surface area contributed by atoms with Crippen molar-refractivity contribution < 1.29 is 59.8 Å². The molecule has 0 aromatic carbocycles. The number of hydrogen-bond acceptors (Lipinski definition) is 12. The second-order valence-corrected chi connectivity index (χ2v) is 11.7. The minimum atomic E-state index is -1.49. The fourth-order valence-electron chi connectivity index (χ4n) is 6.21. The number of ether oxygens (including phenoxy) is 4. The van der Waals surface area contributed by atoms with Crippen LogP contribution >= 0.6 is 0 Å². The molecule has 218 valence electrons. The summed E-state index contributed by atoms with van der Waals surface area (Å²) in [6.07, 6.45) is -10.9. The van der Waals surface area contributed by atoms with Gasteiger partial charge in [-0.25, -0.2) is 0 Å². The molecule has 12 nitrogen and oxygen atoms in total. The van der Waals surface area contributed by atoms with Crippen LogP contribution in [0.3, 0.4) is 0 Å². The average Bonchev–Trinajstić information content (AvgIpc) is 2.83. The molecule has 2 heterocycles. The molecule has 0 radical (unpaired) electrons. The highest BCUT2D eigenvalue weighted by atomic mass is 16.7. The zero-order valence-corrected chi connectivity index (χ0v) is 22.0. The fourth-order valence-corrected chi connectivity index (χ4v) is 6.21.